The first-order chi connectivity index (χ1) is 58.0. The van der Waals surface area contributed by atoms with E-state index in [0.717, 1.165) is 59.8 Å². The largest absolute Gasteiger partial charge is 0.493 e. The highest BCUT2D eigenvalue weighted by atomic mass is 16.7. The van der Waals surface area contributed by atoms with Gasteiger partial charge in [-0.25, -0.2) is 0 Å². The summed E-state index contributed by atoms with van der Waals surface area (Å²) in [7, 11) is 3.07. The third kappa shape index (κ3) is 25.1. The molecule has 119 heavy (non-hydrogen) atoms. The lowest BCUT2D eigenvalue weighted by atomic mass is 9.83. The normalized spacial score (nSPS) is 20.0. The molecule has 2 aliphatic carbocycles. The minimum Gasteiger partial charge on any atom is -0.493 e. The van der Waals surface area contributed by atoms with Gasteiger partial charge in [-0.2, -0.15) is 0 Å². The number of benzene rings is 4. The van der Waals surface area contributed by atoms with Gasteiger partial charge in [0.25, 0.3) is 11.8 Å². The molecule has 6 aliphatic heterocycles. The van der Waals surface area contributed by atoms with Crippen molar-refractivity contribution in [1.29, 1.82) is 0 Å². The zero-order valence-corrected chi connectivity index (χ0v) is 69.0. The molecule has 2 saturated carbocycles. The highest BCUT2D eigenvalue weighted by Crippen LogP contribution is 2.51. The maximum absolute atomic E-state index is 14.2. The van der Waals surface area contributed by atoms with Gasteiger partial charge in [0.2, 0.25) is 42.2 Å². The predicted molar refractivity (Wildman–Crippen MR) is 441 cm³/mol. The molecule has 8 aliphatic rings. The number of rotatable bonds is 49. The lowest BCUT2D eigenvalue weighted by Crippen LogP contribution is -2.53. The second-order valence-corrected chi connectivity index (χ2v) is 31.1. The summed E-state index contributed by atoms with van der Waals surface area (Å²) in [6.07, 6.45) is 19.2. The first-order valence-corrected chi connectivity index (χ1v) is 42.0. The van der Waals surface area contributed by atoms with E-state index in [-0.39, 0.29) is 111 Å². The van der Waals surface area contributed by atoms with Crippen molar-refractivity contribution < 1.29 is 105 Å². The molecule has 3 fully saturated rings. The minimum atomic E-state index is -0.940. The number of unbranched alkanes of at least 4 members (excludes halogenated alkanes) is 2. The standard InChI is InChI=1S/C88H115N9O22/c1-57(2)83(94-81(99)21-26-108-28-30-110-32-34-112-36-38-114-40-41-115-39-37-113-35-33-111-31-29-109-27-22-89-80(98)20-23-95-82(100)49-69(86(95)103)62-13-9-6-8-12-60-42-63(60)43-62)85(102)92-58(3)84(101)93-66-17-14-59(15-18-66)64-44-67-52-90-72-50-78(75(106-4)47-70(72)87(104)96(67)54-64)116-24-10-7-11-25-117-79-51-73-71(48-76(79)107-5)88(105)97-55-65(45-68(97)53-91-73)61-16-19-74-77(46-61)119-56-118-74/h14-19,46-48,50-55,57-58,60,62-63,67-69,83H,6-13,20-45,49,56H2,1-5H3,(H,89,98)(H,92,102)(H,93,101)(H,94,99)/t58-,60?,62?,63?,67-,68-,69?,83?/m0/s1. The fourth-order valence-electron chi connectivity index (χ4n) is 15.6. The number of hydrogen-bond acceptors (Lipinski definition) is 24. The Bertz CT molecular complexity index is 4270. The first-order valence-electron chi connectivity index (χ1n) is 42.0. The molecule has 0 spiro atoms. The van der Waals surface area contributed by atoms with Crippen molar-refractivity contribution >= 4 is 87.9 Å². The topological polar surface area (TPSA) is 348 Å². The number of aliphatic imine (C=N–C) groups is 2. The average Bonchev–Trinajstić information content (AvgIpc) is 1.64. The number of carbonyl (C=O) groups excluding carboxylic acids is 8. The first kappa shape index (κ1) is 88.4. The van der Waals surface area contributed by atoms with Crippen molar-refractivity contribution in [2.45, 2.75) is 141 Å². The maximum Gasteiger partial charge on any atom is 0.260 e. The van der Waals surface area contributed by atoms with Crippen LogP contribution in [-0.2, 0) is 66.7 Å². The van der Waals surface area contributed by atoms with E-state index in [1.807, 2.05) is 42.7 Å². The van der Waals surface area contributed by atoms with Crippen LogP contribution in [0.25, 0.3) is 11.1 Å². The van der Waals surface area contributed by atoms with E-state index in [1.54, 1.807) is 86.5 Å². The van der Waals surface area contributed by atoms with E-state index in [2.05, 4.69) is 21.3 Å². The van der Waals surface area contributed by atoms with Crippen molar-refractivity contribution in [3.8, 4) is 34.5 Å². The summed E-state index contributed by atoms with van der Waals surface area (Å²) in [6, 6.07) is 17.4. The zero-order valence-electron chi connectivity index (χ0n) is 69.0. The summed E-state index contributed by atoms with van der Waals surface area (Å²) < 4.78 is 79.4. The molecule has 31 nitrogen and oxygen atoms in total. The Morgan fingerprint density at radius 2 is 1.02 bits per heavy atom. The van der Waals surface area contributed by atoms with Crippen molar-refractivity contribution in [2.24, 2.45) is 39.6 Å². The van der Waals surface area contributed by atoms with Crippen LogP contribution in [0.2, 0.25) is 0 Å². The summed E-state index contributed by atoms with van der Waals surface area (Å²) >= 11 is 0. The number of nitrogens with zero attached hydrogens (tertiary/aromatic N) is 5. The predicted octanol–water partition coefficient (Wildman–Crippen LogP) is 9.60. The number of hydrogen-bond donors (Lipinski definition) is 4. The minimum absolute atomic E-state index is 0.0144. The summed E-state index contributed by atoms with van der Waals surface area (Å²) in [5.74, 6) is 2.26. The fourth-order valence-corrected chi connectivity index (χ4v) is 15.6. The number of carbonyl (C=O) groups is 8. The van der Waals surface area contributed by atoms with Crippen LogP contribution < -0.4 is 49.7 Å². The molecule has 4 aromatic rings. The molecule has 5 unspecified atom stereocenters. The van der Waals surface area contributed by atoms with Gasteiger partial charge < -0.3 is 97.4 Å². The average molecular weight is 1650 g/mol. The van der Waals surface area contributed by atoms with Crippen LogP contribution in [0.15, 0.2) is 89.1 Å². The Hall–Kier alpha value is -9.86. The Labute approximate surface area is 695 Å². The van der Waals surface area contributed by atoms with E-state index in [1.165, 1.54) is 37.7 Å². The van der Waals surface area contributed by atoms with E-state index in [9.17, 15) is 38.4 Å². The molecular weight excluding hydrogens is 1540 g/mol. The van der Waals surface area contributed by atoms with Crippen LogP contribution >= 0.6 is 0 Å². The van der Waals surface area contributed by atoms with Crippen LogP contribution in [0.1, 0.15) is 149 Å². The van der Waals surface area contributed by atoms with Gasteiger partial charge in [0.05, 0.1) is 174 Å². The molecule has 644 valence electrons. The van der Waals surface area contributed by atoms with Gasteiger partial charge in [-0.05, 0) is 128 Å². The lowest BCUT2D eigenvalue weighted by molar-refractivity contribution is -0.140. The van der Waals surface area contributed by atoms with Crippen molar-refractivity contribution in [2.75, 3.05) is 158 Å². The monoisotopic (exact) mass is 1650 g/mol. The molecule has 0 aromatic heterocycles. The van der Waals surface area contributed by atoms with Crippen LogP contribution in [0, 0.1) is 29.6 Å². The van der Waals surface area contributed by atoms with Gasteiger partial charge in [0, 0.05) is 87.8 Å². The smallest absolute Gasteiger partial charge is 0.260 e. The van der Waals surface area contributed by atoms with Crippen LogP contribution in [0.3, 0.4) is 0 Å². The maximum atomic E-state index is 14.2. The van der Waals surface area contributed by atoms with Crippen molar-refractivity contribution in [1.82, 2.24) is 30.7 Å². The van der Waals surface area contributed by atoms with Gasteiger partial charge in [-0.15, -0.1) is 0 Å². The molecule has 8 atom stereocenters. The van der Waals surface area contributed by atoms with Crippen LogP contribution in [-0.4, -0.2) is 252 Å². The quantitative estimate of drug-likeness (QED) is 0.0236. The fraction of sp³-hybridized carbons (Fsp3) is 0.568. The number of methoxy groups -OCH3 is 2. The van der Waals surface area contributed by atoms with Gasteiger partial charge in [0.15, 0.2) is 34.5 Å². The van der Waals surface area contributed by atoms with E-state index < -0.39 is 23.9 Å². The molecule has 6 heterocycles. The van der Waals surface area contributed by atoms with Gasteiger partial charge >= 0.3 is 0 Å². The molecular formula is C88H115N9O22. The van der Waals surface area contributed by atoms with Crippen LogP contribution in [0.4, 0.5) is 17.1 Å². The highest BCUT2D eigenvalue weighted by molar-refractivity contribution is 6.07. The second kappa shape index (κ2) is 45.0. The van der Waals surface area contributed by atoms with Crippen LogP contribution in [0.5, 0.6) is 34.5 Å². The second-order valence-electron chi connectivity index (χ2n) is 31.1. The van der Waals surface area contributed by atoms with Crippen molar-refractivity contribution in [3.63, 3.8) is 0 Å². The zero-order chi connectivity index (χ0) is 83.4. The summed E-state index contributed by atoms with van der Waals surface area (Å²) in [4.78, 5) is 121. The number of likely N-dealkylation sites (tertiary alicyclic amines) is 1. The van der Waals surface area contributed by atoms with Gasteiger partial charge in [-0.3, -0.25) is 53.2 Å². The van der Waals surface area contributed by atoms with E-state index >= 15 is 0 Å². The summed E-state index contributed by atoms with van der Waals surface area (Å²) in [6.45, 7) is 12.3. The van der Waals surface area contributed by atoms with E-state index in [0.29, 0.717) is 201 Å². The Kier molecular flexibility index (Phi) is 33.4. The van der Waals surface area contributed by atoms with Crippen molar-refractivity contribution in [3.05, 3.63) is 101 Å². The van der Waals surface area contributed by atoms with Gasteiger partial charge in [0.1, 0.15) is 12.1 Å². The number of amides is 8. The summed E-state index contributed by atoms with van der Waals surface area (Å²) in [5.41, 5.74) is 5.95. The molecule has 4 aromatic carbocycles. The molecule has 0 bridgehead atoms. The molecule has 0 radical (unpaired) electrons. The van der Waals surface area contributed by atoms with Gasteiger partial charge in [-0.1, -0.05) is 57.7 Å². The lowest BCUT2D eigenvalue weighted by Gasteiger charge is -2.24. The number of anilines is 1. The number of ether oxygens (including phenoxy) is 14. The third-order valence-electron chi connectivity index (χ3n) is 22.4. The molecule has 31 heteroatoms. The molecule has 8 amide bonds. The SMILES string of the molecule is COc1cc2c(cc1OCCCCCOc1cc3c(cc1OC)C(=O)N1C=C(c4ccc5c(c4)OCO5)C[C@H]1C=N3)N=C[C@@H]1CC(c3ccc(NC(=O)[C@H](C)NC(=O)C(NC(=O)CCOCCOCCOCCOCCOCCOCCOCCOCCNC(=O)CCN4C(=O)CC(C5CCCCCC6CC6C5)C4=O)C(C)C)cc3)=CN1C2=O. The number of imide groups is 1. The molecule has 4 N–H and O–H groups in total. The Morgan fingerprint density at radius 3 is 1.57 bits per heavy atom. The summed E-state index contributed by atoms with van der Waals surface area (Å²) in [5, 5.41) is 11.2. The van der Waals surface area contributed by atoms with E-state index in [4.69, 9.17) is 76.3 Å². The number of fused-ring (bicyclic) bond motifs is 6. The third-order valence-corrected chi connectivity index (χ3v) is 22.4. The Balaban J connectivity index is 0.442. The number of nitrogens with one attached hydrogen (secondary N) is 4. The molecule has 1 saturated heterocycles. The Morgan fingerprint density at radius 1 is 0.504 bits per heavy atom. The highest BCUT2D eigenvalue weighted by Gasteiger charge is 2.47. The molecule has 12 rings (SSSR count).